The van der Waals surface area contributed by atoms with Gasteiger partial charge in [-0.2, -0.15) is 0 Å². The number of hydrogen-bond acceptors (Lipinski definition) is 3. The smallest absolute Gasteiger partial charge is 0.307 e. The van der Waals surface area contributed by atoms with Gasteiger partial charge < -0.3 is 4.74 Å². The highest BCUT2D eigenvalue weighted by atomic mass is 16.5. The van der Waals surface area contributed by atoms with Gasteiger partial charge in [-0.05, 0) is 42.0 Å². The van der Waals surface area contributed by atoms with Gasteiger partial charge in [0.05, 0.1) is 5.41 Å². The highest BCUT2D eigenvalue weighted by Crippen LogP contribution is 2.61. The van der Waals surface area contributed by atoms with Gasteiger partial charge in [0, 0.05) is 12.8 Å². The average Bonchev–Trinajstić information content (AvgIpc) is 2.76. The van der Waals surface area contributed by atoms with Gasteiger partial charge in [-0.15, -0.1) is 0 Å². The van der Waals surface area contributed by atoms with Crippen molar-refractivity contribution in [1.82, 2.24) is 0 Å². The molecule has 0 amide bonds. The number of hydrogen-bond donors (Lipinski definition) is 0. The summed E-state index contributed by atoms with van der Waals surface area (Å²) in [5, 5.41) is 0. The number of ketones is 1. The van der Waals surface area contributed by atoms with Crippen molar-refractivity contribution >= 4 is 17.3 Å². The first-order valence-electron chi connectivity index (χ1n) is 7.97. The van der Waals surface area contributed by atoms with E-state index in [2.05, 4.69) is 13.8 Å². The monoisotopic (exact) mass is 310 g/mol. The number of esters is 1. The standard InChI is InChI=1S/C20H22O3/c1-13(21)23-17-10-11-19(2,3)18-16(22)12-15(20(17,18)4)14-8-6-5-7-9-14/h5-10,12,18H,11H2,1-4H3/t18?,20-/m1/s1. The molecule has 1 aromatic rings. The molecule has 23 heavy (non-hydrogen) atoms. The summed E-state index contributed by atoms with van der Waals surface area (Å²) < 4.78 is 5.53. The molecule has 0 N–H and O–H groups in total. The zero-order valence-electron chi connectivity index (χ0n) is 14.1. The normalized spacial score (nSPS) is 28.7. The van der Waals surface area contributed by atoms with Crippen LogP contribution < -0.4 is 0 Å². The molecule has 0 heterocycles. The molecule has 1 unspecified atom stereocenters. The van der Waals surface area contributed by atoms with E-state index in [1.165, 1.54) is 6.92 Å². The summed E-state index contributed by atoms with van der Waals surface area (Å²) in [5.41, 5.74) is 1.16. The summed E-state index contributed by atoms with van der Waals surface area (Å²) >= 11 is 0. The van der Waals surface area contributed by atoms with Crippen LogP contribution in [0.2, 0.25) is 0 Å². The summed E-state index contributed by atoms with van der Waals surface area (Å²) in [6.07, 6.45) is 4.44. The molecule has 0 spiro atoms. The van der Waals surface area contributed by atoms with Crippen molar-refractivity contribution in [3.05, 3.63) is 53.8 Å². The number of allylic oxidation sites excluding steroid dienone is 3. The lowest BCUT2D eigenvalue weighted by Gasteiger charge is -2.46. The molecule has 2 atom stereocenters. The maximum Gasteiger partial charge on any atom is 0.307 e. The zero-order chi connectivity index (χ0) is 16.8. The summed E-state index contributed by atoms with van der Waals surface area (Å²) in [4.78, 5) is 24.4. The number of rotatable bonds is 2. The maximum atomic E-state index is 12.8. The van der Waals surface area contributed by atoms with Gasteiger partial charge in [-0.3, -0.25) is 9.59 Å². The quantitative estimate of drug-likeness (QED) is 0.771. The van der Waals surface area contributed by atoms with E-state index in [0.717, 1.165) is 17.6 Å². The van der Waals surface area contributed by atoms with Crippen molar-refractivity contribution in [2.45, 2.75) is 34.1 Å². The van der Waals surface area contributed by atoms with Crippen LogP contribution in [0.25, 0.3) is 5.57 Å². The molecule has 3 heteroatoms. The van der Waals surface area contributed by atoms with E-state index in [1.54, 1.807) is 6.08 Å². The largest absolute Gasteiger partial charge is 0.431 e. The predicted octanol–water partition coefficient (Wildman–Crippen LogP) is 4.15. The molecular weight excluding hydrogens is 288 g/mol. The molecule has 2 aliphatic carbocycles. The van der Waals surface area contributed by atoms with Crippen LogP contribution in [0.5, 0.6) is 0 Å². The molecule has 0 aromatic heterocycles. The number of carbonyl (C=O) groups is 2. The molecule has 120 valence electrons. The topological polar surface area (TPSA) is 43.4 Å². The lowest BCUT2D eigenvalue weighted by Crippen LogP contribution is -2.44. The van der Waals surface area contributed by atoms with Crippen LogP contribution >= 0.6 is 0 Å². The van der Waals surface area contributed by atoms with E-state index in [9.17, 15) is 9.59 Å². The zero-order valence-corrected chi connectivity index (χ0v) is 14.1. The minimum Gasteiger partial charge on any atom is -0.431 e. The fraction of sp³-hybridized carbons (Fsp3) is 0.400. The van der Waals surface area contributed by atoms with E-state index in [0.29, 0.717) is 5.76 Å². The van der Waals surface area contributed by atoms with Crippen LogP contribution in [-0.2, 0) is 14.3 Å². The first kappa shape index (κ1) is 15.7. The molecule has 3 nitrogen and oxygen atoms in total. The Morgan fingerprint density at radius 3 is 2.43 bits per heavy atom. The SMILES string of the molecule is CC(=O)OC1=CCC(C)(C)C2C(=O)C=C(c3ccccc3)[C@]12C. The minimum absolute atomic E-state index is 0.120. The van der Waals surface area contributed by atoms with Crippen LogP contribution in [-0.4, -0.2) is 11.8 Å². The Balaban J connectivity index is 2.18. The summed E-state index contributed by atoms with van der Waals surface area (Å²) in [7, 11) is 0. The molecule has 2 aliphatic rings. The Morgan fingerprint density at radius 2 is 1.83 bits per heavy atom. The first-order chi connectivity index (χ1) is 10.8. The van der Waals surface area contributed by atoms with Crippen LogP contribution in [0.15, 0.2) is 48.2 Å². The predicted molar refractivity (Wildman–Crippen MR) is 89.3 cm³/mol. The third kappa shape index (κ3) is 2.35. The maximum absolute atomic E-state index is 12.8. The van der Waals surface area contributed by atoms with E-state index >= 15 is 0 Å². The van der Waals surface area contributed by atoms with E-state index in [1.807, 2.05) is 43.3 Å². The minimum atomic E-state index is -0.605. The van der Waals surface area contributed by atoms with Crippen molar-refractivity contribution in [2.24, 2.45) is 16.7 Å². The van der Waals surface area contributed by atoms with Gasteiger partial charge >= 0.3 is 5.97 Å². The van der Waals surface area contributed by atoms with Gasteiger partial charge in [0.1, 0.15) is 5.76 Å². The van der Waals surface area contributed by atoms with Crippen molar-refractivity contribution < 1.29 is 14.3 Å². The summed E-state index contributed by atoms with van der Waals surface area (Å²) in [5.74, 6) is 0.164. The second-order valence-corrected chi connectivity index (χ2v) is 7.32. The molecule has 0 radical (unpaired) electrons. The van der Waals surface area contributed by atoms with E-state index in [-0.39, 0.29) is 23.1 Å². The van der Waals surface area contributed by atoms with Crippen LogP contribution in [0.4, 0.5) is 0 Å². The third-order valence-corrected chi connectivity index (χ3v) is 5.15. The molecule has 0 saturated carbocycles. The fourth-order valence-electron chi connectivity index (χ4n) is 4.25. The number of benzene rings is 1. The van der Waals surface area contributed by atoms with Crippen LogP contribution in [0, 0.1) is 16.7 Å². The van der Waals surface area contributed by atoms with Crippen molar-refractivity contribution in [3.8, 4) is 0 Å². The van der Waals surface area contributed by atoms with Gasteiger partial charge in [0.2, 0.25) is 0 Å². The Bertz CT molecular complexity index is 725. The van der Waals surface area contributed by atoms with Crippen LogP contribution in [0.3, 0.4) is 0 Å². The second-order valence-electron chi connectivity index (χ2n) is 7.32. The molecular formula is C20H22O3. The molecule has 0 fully saturated rings. The van der Waals surface area contributed by atoms with Gasteiger partial charge in [-0.25, -0.2) is 0 Å². The van der Waals surface area contributed by atoms with Crippen molar-refractivity contribution in [1.29, 1.82) is 0 Å². The first-order valence-corrected chi connectivity index (χ1v) is 7.97. The molecule has 0 bridgehead atoms. The fourth-order valence-corrected chi connectivity index (χ4v) is 4.25. The number of carbonyl (C=O) groups excluding carboxylic acids is 2. The average molecular weight is 310 g/mol. The van der Waals surface area contributed by atoms with Gasteiger partial charge in [-0.1, -0.05) is 44.2 Å². The van der Waals surface area contributed by atoms with E-state index < -0.39 is 5.41 Å². The second kappa shape index (κ2) is 5.19. The molecule has 1 aromatic carbocycles. The highest BCUT2D eigenvalue weighted by Gasteiger charge is 2.58. The Morgan fingerprint density at radius 1 is 1.17 bits per heavy atom. The lowest BCUT2D eigenvalue weighted by atomic mass is 9.57. The van der Waals surface area contributed by atoms with Crippen LogP contribution in [0.1, 0.15) is 39.7 Å². The van der Waals surface area contributed by atoms with Gasteiger partial charge in [0.15, 0.2) is 5.78 Å². The Kier molecular flexibility index (Phi) is 3.55. The molecule has 0 saturated heterocycles. The van der Waals surface area contributed by atoms with Gasteiger partial charge in [0.25, 0.3) is 0 Å². The number of fused-ring (bicyclic) bond motifs is 1. The third-order valence-electron chi connectivity index (χ3n) is 5.15. The number of ether oxygens (including phenoxy) is 1. The summed E-state index contributed by atoms with van der Waals surface area (Å²) in [6, 6.07) is 9.87. The van der Waals surface area contributed by atoms with Crippen molar-refractivity contribution in [3.63, 3.8) is 0 Å². The van der Waals surface area contributed by atoms with E-state index in [4.69, 9.17) is 4.74 Å². The molecule has 3 rings (SSSR count). The Hall–Kier alpha value is -2.16. The molecule has 0 aliphatic heterocycles. The van der Waals surface area contributed by atoms with Crippen molar-refractivity contribution in [2.75, 3.05) is 0 Å². The summed E-state index contributed by atoms with van der Waals surface area (Å²) in [6.45, 7) is 7.64. The lowest BCUT2D eigenvalue weighted by molar-refractivity contribution is -0.141. The Labute approximate surface area is 137 Å². The highest BCUT2D eigenvalue weighted by molar-refractivity contribution is 6.07.